The number of pyridine rings is 1. The van der Waals surface area contributed by atoms with Gasteiger partial charge in [-0.25, -0.2) is 0 Å². The van der Waals surface area contributed by atoms with Gasteiger partial charge in [0, 0.05) is 22.6 Å². The molecule has 0 amide bonds. The zero-order valence-electron chi connectivity index (χ0n) is 23.4. The predicted octanol–water partition coefficient (Wildman–Crippen LogP) is 9.86. The molecule has 0 unspecified atom stereocenters. The van der Waals surface area contributed by atoms with Gasteiger partial charge in [-0.3, -0.25) is 4.98 Å². The fourth-order valence-electron chi connectivity index (χ4n) is 6.36. The van der Waals surface area contributed by atoms with E-state index in [9.17, 15) is 18.4 Å². The van der Waals surface area contributed by atoms with E-state index in [2.05, 4.69) is 52.0 Å². The highest BCUT2D eigenvalue weighted by atomic mass is 19.4. The Bertz CT molecular complexity index is 1920. The van der Waals surface area contributed by atoms with Crippen LogP contribution in [-0.4, -0.2) is 4.98 Å². The van der Waals surface area contributed by atoms with Gasteiger partial charge in [0.25, 0.3) is 0 Å². The molecule has 6 rings (SSSR count). The molecule has 0 N–H and O–H groups in total. The van der Waals surface area contributed by atoms with E-state index in [-0.39, 0.29) is 11.0 Å². The molecule has 0 atom stereocenters. The van der Waals surface area contributed by atoms with Gasteiger partial charge in [-0.05, 0) is 92.7 Å². The molecule has 4 aromatic carbocycles. The zero-order chi connectivity index (χ0) is 28.8. The Balaban J connectivity index is 1.71. The van der Waals surface area contributed by atoms with Gasteiger partial charge in [-0.15, -0.1) is 0 Å². The van der Waals surface area contributed by atoms with Crippen molar-refractivity contribution < 1.29 is 13.2 Å². The minimum Gasteiger partial charge on any atom is -0.256 e. The molecule has 0 saturated carbocycles. The highest BCUT2D eigenvalue weighted by Crippen LogP contribution is 2.56. The lowest BCUT2D eigenvalue weighted by Gasteiger charge is -2.25. The topological polar surface area (TPSA) is 36.7 Å². The minimum atomic E-state index is -4.56. The Kier molecular flexibility index (Phi) is 5.48. The van der Waals surface area contributed by atoms with Crippen molar-refractivity contribution in [3.63, 3.8) is 0 Å². The normalized spacial score (nSPS) is 14.3. The average Bonchev–Trinajstić information content (AvgIpc) is 3.12. The van der Waals surface area contributed by atoms with E-state index in [1.165, 1.54) is 11.6 Å². The number of benzene rings is 4. The van der Waals surface area contributed by atoms with Crippen LogP contribution < -0.4 is 0 Å². The standard InChI is InChI=1S/C35H29F3N2/c1-19-13-21(16-22(14-19)33(2,3)4)32-25-10-9-24-27(23(25)11-12-40-32)17-29(35(36,37)38)30-26-8-7-20(18-39)15-28(26)34(5,6)31(24)30/h7-17H,1-6H3. The molecular weight excluding hydrogens is 505 g/mol. The molecule has 0 fully saturated rings. The number of alkyl halides is 3. The quantitative estimate of drug-likeness (QED) is 0.201. The van der Waals surface area contributed by atoms with Crippen molar-refractivity contribution in [3.05, 3.63) is 100 Å². The van der Waals surface area contributed by atoms with E-state index in [0.717, 1.165) is 38.5 Å². The van der Waals surface area contributed by atoms with Crippen LogP contribution in [0.3, 0.4) is 0 Å². The van der Waals surface area contributed by atoms with Crippen molar-refractivity contribution in [3.8, 4) is 28.5 Å². The van der Waals surface area contributed by atoms with Gasteiger partial charge >= 0.3 is 6.18 Å². The molecule has 5 aromatic rings. The molecule has 0 aliphatic heterocycles. The third kappa shape index (κ3) is 3.81. The number of hydrogen-bond donors (Lipinski definition) is 0. The minimum absolute atomic E-state index is 0.0633. The summed E-state index contributed by atoms with van der Waals surface area (Å²) >= 11 is 0. The fourth-order valence-corrected chi connectivity index (χ4v) is 6.36. The van der Waals surface area contributed by atoms with E-state index >= 15 is 0 Å². The number of hydrogen-bond acceptors (Lipinski definition) is 2. The Morgan fingerprint density at radius 2 is 1.55 bits per heavy atom. The summed E-state index contributed by atoms with van der Waals surface area (Å²) in [6.07, 6.45) is -2.87. The number of nitrogens with zero attached hydrogens (tertiary/aromatic N) is 2. The van der Waals surface area contributed by atoms with Crippen LogP contribution in [0.1, 0.15) is 68.0 Å². The molecule has 1 heterocycles. The molecule has 0 bridgehead atoms. The van der Waals surface area contributed by atoms with Crippen molar-refractivity contribution in [2.75, 3.05) is 0 Å². The molecule has 0 spiro atoms. The number of nitriles is 1. The summed E-state index contributed by atoms with van der Waals surface area (Å²) in [4.78, 5) is 4.72. The number of aryl methyl sites for hydroxylation is 1. The summed E-state index contributed by atoms with van der Waals surface area (Å²) < 4.78 is 44.2. The molecule has 5 heteroatoms. The maximum absolute atomic E-state index is 14.7. The van der Waals surface area contributed by atoms with Gasteiger partial charge in [-0.2, -0.15) is 18.4 Å². The molecule has 40 heavy (non-hydrogen) atoms. The highest BCUT2D eigenvalue weighted by molar-refractivity contribution is 6.14. The Morgan fingerprint density at radius 3 is 2.23 bits per heavy atom. The third-order valence-corrected chi connectivity index (χ3v) is 8.30. The third-order valence-electron chi connectivity index (χ3n) is 8.30. The molecule has 1 aliphatic carbocycles. The van der Waals surface area contributed by atoms with Crippen LogP contribution in [-0.2, 0) is 17.0 Å². The van der Waals surface area contributed by atoms with Gasteiger partial charge in [-0.1, -0.05) is 64.4 Å². The molecule has 0 saturated heterocycles. The number of fused-ring (bicyclic) bond motifs is 7. The van der Waals surface area contributed by atoms with Crippen LogP contribution in [0.4, 0.5) is 13.2 Å². The maximum Gasteiger partial charge on any atom is 0.417 e. The van der Waals surface area contributed by atoms with Crippen LogP contribution in [0, 0.1) is 18.3 Å². The molecule has 2 nitrogen and oxygen atoms in total. The Morgan fingerprint density at radius 1 is 0.825 bits per heavy atom. The van der Waals surface area contributed by atoms with Gasteiger partial charge in [0.2, 0.25) is 0 Å². The first-order valence-electron chi connectivity index (χ1n) is 13.4. The first kappa shape index (κ1) is 26.1. The largest absolute Gasteiger partial charge is 0.417 e. The number of aromatic nitrogens is 1. The summed E-state index contributed by atoms with van der Waals surface area (Å²) in [6, 6.07) is 20.6. The van der Waals surface area contributed by atoms with E-state index in [1.807, 2.05) is 32.0 Å². The molecule has 1 aromatic heterocycles. The summed E-state index contributed by atoms with van der Waals surface area (Å²) in [6.45, 7) is 12.4. The van der Waals surface area contributed by atoms with Crippen LogP contribution >= 0.6 is 0 Å². The lowest BCUT2D eigenvalue weighted by atomic mass is 9.78. The molecular formula is C35H29F3N2. The second kappa shape index (κ2) is 8.41. The van der Waals surface area contributed by atoms with Crippen molar-refractivity contribution in [2.24, 2.45) is 0 Å². The van der Waals surface area contributed by atoms with Gasteiger partial charge < -0.3 is 0 Å². The van der Waals surface area contributed by atoms with Gasteiger partial charge in [0.05, 0.1) is 22.9 Å². The molecule has 1 aliphatic rings. The number of halogens is 3. The van der Waals surface area contributed by atoms with Crippen LogP contribution in [0.15, 0.2) is 66.9 Å². The van der Waals surface area contributed by atoms with Crippen molar-refractivity contribution in [1.82, 2.24) is 4.98 Å². The summed E-state index contributed by atoms with van der Waals surface area (Å²) in [5.74, 6) is 0. The van der Waals surface area contributed by atoms with Gasteiger partial charge in [0.1, 0.15) is 0 Å². The van der Waals surface area contributed by atoms with Crippen molar-refractivity contribution in [2.45, 2.75) is 58.5 Å². The van der Waals surface area contributed by atoms with Crippen LogP contribution in [0.5, 0.6) is 0 Å². The van der Waals surface area contributed by atoms with E-state index in [4.69, 9.17) is 4.98 Å². The van der Waals surface area contributed by atoms with Crippen molar-refractivity contribution >= 4 is 21.5 Å². The van der Waals surface area contributed by atoms with E-state index in [1.54, 1.807) is 24.4 Å². The number of rotatable bonds is 1. The highest BCUT2D eigenvalue weighted by Gasteiger charge is 2.44. The monoisotopic (exact) mass is 534 g/mol. The average molecular weight is 535 g/mol. The first-order chi connectivity index (χ1) is 18.7. The lowest BCUT2D eigenvalue weighted by Crippen LogP contribution is -2.17. The van der Waals surface area contributed by atoms with Gasteiger partial charge in [0.15, 0.2) is 0 Å². The second-order valence-electron chi connectivity index (χ2n) is 12.4. The second-order valence-corrected chi connectivity index (χ2v) is 12.4. The first-order valence-corrected chi connectivity index (χ1v) is 13.4. The van der Waals surface area contributed by atoms with Crippen LogP contribution in [0.25, 0.3) is 43.9 Å². The summed E-state index contributed by atoms with van der Waals surface area (Å²) in [5.41, 5.74) is 5.13. The smallest absolute Gasteiger partial charge is 0.256 e. The van der Waals surface area contributed by atoms with E-state index in [0.29, 0.717) is 22.1 Å². The molecule has 200 valence electrons. The predicted molar refractivity (Wildman–Crippen MR) is 155 cm³/mol. The van der Waals surface area contributed by atoms with E-state index < -0.39 is 17.2 Å². The summed E-state index contributed by atoms with van der Waals surface area (Å²) in [5, 5.41) is 12.4. The van der Waals surface area contributed by atoms with Crippen molar-refractivity contribution in [1.29, 1.82) is 5.26 Å². The Labute approximate surface area is 232 Å². The zero-order valence-corrected chi connectivity index (χ0v) is 23.4. The van der Waals surface area contributed by atoms with Crippen LogP contribution in [0.2, 0.25) is 0 Å². The molecule has 0 radical (unpaired) electrons. The summed E-state index contributed by atoms with van der Waals surface area (Å²) in [7, 11) is 0. The Hall–Kier alpha value is -4.17. The fraction of sp³-hybridized carbons (Fsp3) is 0.257. The lowest BCUT2D eigenvalue weighted by molar-refractivity contribution is -0.137. The maximum atomic E-state index is 14.7. The SMILES string of the molecule is Cc1cc(-c2nccc3c2ccc2c4c(c(C(F)(F)F)cc23)-c2ccc(C#N)cc2C4(C)C)cc(C(C)(C)C)c1.